The van der Waals surface area contributed by atoms with E-state index in [1.54, 1.807) is 11.6 Å². The first-order chi connectivity index (χ1) is 18.9. The van der Waals surface area contributed by atoms with Crippen LogP contribution in [-0.4, -0.2) is 111 Å². The van der Waals surface area contributed by atoms with E-state index < -0.39 is 17.4 Å². The van der Waals surface area contributed by atoms with Crippen LogP contribution in [0.25, 0.3) is 11.2 Å². The monoisotopic (exact) mass is 557 g/mol. The van der Waals surface area contributed by atoms with Gasteiger partial charge in [-0.05, 0) is 30.9 Å². The highest BCUT2D eigenvalue weighted by molar-refractivity contribution is 7.99. The Morgan fingerprint density at radius 3 is 2.36 bits per heavy atom. The molecule has 39 heavy (non-hydrogen) atoms. The molecule has 0 saturated carbocycles. The third-order valence-electron chi connectivity index (χ3n) is 7.58. The average Bonchev–Trinajstić information content (AvgIpc) is 3.34. The molecule has 5 rings (SSSR count). The molecule has 1 aromatic carbocycles. The normalized spacial score (nSPS) is 18.2. The van der Waals surface area contributed by atoms with Crippen molar-refractivity contribution in [2.75, 3.05) is 76.2 Å². The van der Waals surface area contributed by atoms with Crippen LogP contribution in [0.15, 0.2) is 44.8 Å². The Bertz CT molecular complexity index is 1360. The fraction of sp³-hybridized carbons (Fsp3) is 0.593. The van der Waals surface area contributed by atoms with E-state index in [1.165, 1.54) is 16.5 Å². The van der Waals surface area contributed by atoms with Crippen LogP contribution in [0.2, 0.25) is 0 Å². The number of aliphatic hydroxyl groups excluding tert-OH is 1. The van der Waals surface area contributed by atoms with Crippen LogP contribution in [-0.2, 0) is 25.4 Å². The smallest absolute Gasteiger partial charge is 0.332 e. The fourth-order valence-electron chi connectivity index (χ4n) is 5.37. The molecule has 3 aromatic rings. The minimum absolute atomic E-state index is 0.230. The van der Waals surface area contributed by atoms with Crippen LogP contribution in [0, 0.1) is 0 Å². The van der Waals surface area contributed by atoms with Gasteiger partial charge in [0.15, 0.2) is 11.2 Å². The Balaban J connectivity index is 1.20. The highest BCUT2D eigenvalue weighted by Gasteiger charge is 2.26. The largest absolute Gasteiger partial charge is 0.390 e. The molecule has 212 valence electrons. The van der Waals surface area contributed by atoms with Crippen LogP contribution in [0.4, 0.5) is 5.95 Å². The van der Waals surface area contributed by atoms with Crippen molar-refractivity contribution in [2.45, 2.75) is 24.0 Å². The molecule has 2 aromatic heterocycles. The molecule has 0 amide bonds. The number of hydrogen-bond acceptors (Lipinski definition) is 9. The van der Waals surface area contributed by atoms with E-state index in [-0.39, 0.29) is 6.54 Å². The summed E-state index contributed by atoms with van der Waals surface area (Å²) in [6, 6.07) is 10.5. The molecule has 0 bridgehead atoms. The predicted octanol–water partition coefficient (Wildman–Crippen LogP) is 0.431. The molecule has 0 spiro atoms. The molecule has 2 fully saturated rings. The van der Waals surface area contributed by atoms with Gasteiger partial charge in [-0.25, -0.2) is 4.79 Å². The fourth-order valence-corrected chi connectivity index (χ4v) is 6.23. The van der Waals surface area contributed by atoms with Gasteiger partial charge < -0.3 is 24.2 Å². The average molecular weight is 558 g/mol. The number of ether oxygens (including phenoxy) is 1. The van der Waals surface area contributed by atoms with Crippen LogP contribution in [0.3, 0.4) is 0 Å². The number of imidazole rings is 1. The Labute approximate surface area is 232 Å². The lowest BCUT2D eigenvalue weighted by Crippen LogP contribution is -2.49. The Morgan fingerprint density at radius 1 is 0.949 bits per heavy atom. The van der Waals surface area contributed by atoms with Crippen molar-refractivity contribution in [1.82, 2.24) is 28.5 Å². The number of benzene rings is 1. The van der Waals surface area contributed by atoms with Crippen molar-refractivity contribution in [3.63, 3.8) is 0 Å². The number of β-amino-alcohol motifs (C(OH)–C–C–N with tert-alkyl or cyclic N) is 1. The second-order valence-electron chi connectivity index (χ2n) is 10.3. The lowest BCUT2D eigenvalue weighted by Gasteiger charge is -2.36. The van der Waals surface area contributed by atoms with E-state index in [0.29, 0.717) is 50.0 Å². The van der Waals surface area contributed by atoms with Gasteiger partial charge >= 0.3 is 5.69 Å². The number of aryl methyl sites for hydroxylation is 1. The number of aliphatic hydroxyl groups is 1. The number of piperazine rings is 1. The summed E-state index contributed by atoms with van der Waals surface area (Å²) in [5.41, 5.74) is -0.122. The molecule has 4 heterocycles. The SMILES string of the molecule is Cn1c(=O)c2c(nc(N3CCOCC3)n2CC(O)CN2CCN(CCCSc3ccccc3)CC2)n(C)c1=O. The summed E-state index contributed by atoms with van der Waals surface area (Å²) in [6.45, 7) is 8.02. The summed E-state index contributed by atoms with van der Waals surface area (Å²) in [5.74, 6) is 1.71. The van der Waals surface area contributed by atoms with Gasteiger partial charge in [-0.1, -0.05) is 18.2 Å². The maximum Gasteiger partial charge on any atom is 0.332 e. The van der Waals surface area contributed by atoms with Gasteiger partial charge in [0.1, 0.15) is 0 Å². The number of thioether (sulfide) groups is 1. The van der Waals surface area contributed by atoms with Crippen molar-refractivity contribution >= 4 is 28.9 Å². The van der Waals surface area contributed by atoms with E-state index >= 15 is 0 Å². The van der Waals surface area contributed by atoms with Crippen LogP contribution >= 0.6 is 11.8 Å². The molecule has 2 saturated heterocycles. The molecule has 1 unspecified atom stereocenters. The summed E-state index contributed by atoms with van der Waals surface area (Å²) in [7, 11) is 3.10. The molecule has 12 heteroatoms. The molecule has 1 atom stereocenters. The first-order valence-electron chi connectivity index (χ1n) is 13.7. The van der Waals surface area contributed by atoms with Crippen LogP contribution in [0.1, 0.15) is 6.42 Å². The summed E-state index contributed by atoms with van der Waals surface area (Å²) in [5, 5.41) is 11.2. The van der Waals surface area contributed by atoms with Crippen LogP contribution < -0.4 is 16.1 Å². The lowest BCUT2D eigenvalue weighted by atomic mass is 10.2. The molecule has 0 aliphatic carbocycles. The lowest BCUT2D eigenvalue weighted by molar-refractivity contribution is 0.0649. The zero-order chi connectivity index (χ0) is 27.4. The van der Waals surface area contributed by atoms with E-state index in [4.69, 9.17) is 9.72 Å². The summed E-state index contributed by atoms with van der Waals surface area (Å²) >= 11 is 1.90. The molecule has 2 aliphatic rings. The van der Waals surface area contributed by atoms with Crippen molar-refractivity contribution < 1.29 is 9.84 Å². The van der Waals surface area contributed by atoms with E-state index in [1.807, 2.05) is 17.8 Å². The molecular weight excluding hydrogens is 518 g/mol. The first-order valence-corrected chi connectivity index (χ1v) is 14.7. The van der Waals surface area contributed by atoms with E-state index in [2.05, 4.69) is 39.0 Å². The maximum atomic E-state index is 13.2. The predicted molar refractivity (Wildman–Crippen MR) is 154 cm³/mol. The Hall–Kier alpha value is -2.64. The number of hydrogen-bond donors (Lipinski definition) is 1. The summed E-state index contributed by atoms with van der Waals surface area (Å²) in [4.78, 5) is 38.6. The standard InChI is InChI=1S/C27H39N7O4S/c1-29-24-23(25(36)30(2)27(29)37)34(26(28-24)33-14-16-38-17-15-33)20-21(35)19-32-12-10-31(11-13-32)9-6-18-39-22-7-4-3-5-8-22/h3-5,7-8,21,35H,6,9-20H2,1-2H3. The van der Waals surface area contributed by atoms with Gasteiger partial charge in [-0.3, -0.25) is 18.8 Å². The third-order valence-corrected chi connectivity index (χ3v) is 8.68. The minimum atomic E-state index is -0.682. The van der Waals surface area contributed by atoms with Gasteiger partial charge in [-0.2, -0.15) is 4.98 Å². The molecule has 1 N–H and O–H groups in total. The summed E-state index contributed by atoms with van der Waals surface area (Å²) in [6.07, 6.45) is 0.468. The van der Waals surface area contributed by atoms with Crippen LogP contribution in [0.5, 0.6) is 0 Å². The van der Waals surface area contributed by atoms with Crippen molar-refractivity contribution in [2.24, 2.45) is 14.1 Å². The summed E-state index contributed by atoms with van der Waals surface area (Å²) < 4.78 is 9.81. The number of anilines is 1. The maximum absolute atomic E-state index is 13.2. The number of morpholine rings is 1. The molecule has 0 radical (unpaired) electrons. The van der Waals surface area contributed by atoms with Crippen molar-refractivity contribution in [3.8, 4) is 0 Å². The minimum Gasteiger partial charge on any atom is -0.390 e. The first kappa shape index (κ1) is 27.9. The number of rotatable bonds is 10. The highest BCUT2D eigenvalue weighted by atomic mass is 32.2. The molecule has 11 nitrogen and oxygen atoms in total. The number of nitrogens with zero attached hydrogens (tertiary/aromatic N) is 7. The molecule has 2 aliphatic heterocycles. The van der Waals surface area contributed by atoms with E-state index in [9.17, 15) is 14.7 Å². The quantitative estimate of drug-likeness (QED) is 0.281. The van der Waals surface area contributed by atoms with Gasteiger partial charge in [0, 0.05) is 64.8 Å². The number of fused-ring (bicyclic) bond motifs is 1. The second-order valence-corrected chi connectivity index (χ2v) is 11.5. The van der Waals surface area contributed by atoms with Gasteiger partial charge in [-0.15, -0.1) is 11.8 Å². The topological polar surface area (TPSA) is 101 Å². The van der Waals surface area contributed by atoms with Gasteiger partial charge in [0.05, 0.1) is 25.9 Å². The van der Waals surface area contributed by atoms with Crippen molar-refractivity contribution in [3.05, 3.63) is 51.2 Å². The Kier molecular flexibility index (Phi) is 9.08. The van der Waals surface area contributed by atoms with Gasteiger partial charge in [0.2, 0.25) is 5.95 Å². The van der Waals surface area contributed by atoms with Gasteiger partial charge in [0.25, 0.3) is 5.56 Å². The third kappa shape index (κ3) is 6.41. The van der Waals surface area contributed by atoms with Crippen molar-refractivity contribution in [1.29, 1.82) is 0 Å². The zero-order valence-corrected chi connectivity index (χ0v) is 23.7. The Morgan fingerprint density at radius 2 is 1.64 bits per heavy atom. The number of aromatic nitrogens is 4. The second kappa shape index (κ2) is 12.7. The van der Waals surface area contributed by atoms with E-state index in [0.717, 1.165) is 49.5 Å². The highest BCUT2D eigenvalue weighted by Crippen LogP contribution is 2.22. The zero-order valence-electron chi connectivity index (χ0n) is 22.9. The molecular formula is C27H39N7O4S.